The summed E-state index contributed by atoms with van der Waals surface area (Å²) in [5.41, 5.74) is 1.14. The molecule has 6 nitrogen and oxygen atoms in total. The molecule has 0 bridgehead atoms. The second kappa shape index (κ2) is 6.88. The standard InChI is InChI=1S/C20H21NO5/c1-20(2,3)16-9-5-4-7-14(16)18(22)15-8-6-10-17(21(23)24)19(15)26-12-13-11-25-13/h4-10,13H,11-12H2,1-3H3. The zero-order valence-corrected chi connectivity index (χ0v) is 15.0. The molecule has 1 aliphatic heterocycles. The summed E-state index contributed by atoms with van der Waals surface area (Å²) < 4.78 is 10.7. The molecule has 3 rings (SSSR count). The number of nitro groups is 1. The predicted octanol–water partition coefficient (Wildman–Crippen LogP) is 3.90. The van der Waals surface area contributed by atoms with E-state index in [0.717, 1.165) is 5.56 Å². The Morgan fingerprint density at radius 3 is 2.46 bits per heavy atom. The Hall–Kier alpha value is -2.73. The number of carbonyl (C=O) groups is 1. The zero-order valence-electron chi connectivity index (χ0n) is 15.0. The van der Waals surface area contributed by atoms with Gasteiger partial charge >= 0.3 is 5.69 Å². The molecule has 0 saturated carbocycles. The Morgan fingerprint density at radius 2 is 1.85 bits per heavy atom. The summed E-state index contributed by atoms with van der Waals surface area (Å²) in [6, 6.07) is 11.7. The topological polar surface area (TPSA) is 82.0 Å². The average Bonchev–Trinajstić information content (AvgIpc) is 3.42. The third kappa shape index (κ3) is 3.75. The number of ether oxygens (including phenoxy) is 2. The van der Waals surface area contributed by atoms with Crippen LogP contribution in [0, 0.1) is 10.1 Å². The molecular formula is C20H21NO5. The van der Waals surface area contributed by atoms with Gasteiger partial charge in [-0.25, -0.2) is 0 Å². The fourth-order valence-corrected chi connectivity index (χ4v) is 2.82. The van der Waals surface area contributed by atoms with Crippen molar-refractivity contribution < 1.29 is 19.2 Å². The van der Waals surface area contributed by atoms with Crippen molar-refractivity contribution in [1.29, 1.82) is 0 Å². The number of benzene rings is 2. The summed E-state index contributed by atoms with van der Waals surface area (Å²) >= 11 is 0. The minimum absolute atomic E-state index is 0.00159. The van der Waals surface area contributed by atoms with E-state index in [0.29, 0.717) is 12.2 Å². The van der Waals surface area contributed by atoms with Crippen LogP contribution in [0.2, 0.25) is 0 Å². The van der Waals surface area contributed by atoms with Crippen molar-refractivity contribution in [2.75, 3.05) is 13.2 Å². The highest BCUT2D eigenvalue weighted by molar-refractivity contribution is 6.12. The van der Waals surface area contributed by atoms with Gasteiger partial charge in [0.1, 0.15) is 12.7 Å². The van der Waals surface area contributed by atoms with Crippen LogP contribution in [0.15, 0.2) is 42.5 Å². The molecule has 0 aromatic heterocycles. The van der Waals surface area contributed by atoms with Gasteiger partial charge < -0.3 is 9.47 Å². The maximum Gasteiger partial charge on any atom is 0.311 e. The van der Waals surface area contributed by atoms with Crippen molar-refractivity contribution in [3.05, 3.63) is 69.3 Å². The Bertz CT molecular complexity index is 850. The van der Waals surface area contributed by atoms with Crippen molar-refractivity contribution in [2.24, 2.45) is 0 Å². The molecule has 1 fully saturated rings. The van der Waals surface area contributed by atoms with E-state index in [2.05, 4.69) is 0 Å². The van der Waals surface area contributed by atoms with Gasteiger partial charge in [0.2, 0.25) is 5.75 Å². The van der Waals surface area contributed by atoms with Crippen LogP contribution in [0.5, 0.6) is 5.75 Å². The quantitative estimate of drug-likeness (QED) is 0.340. The van der Waals surface area contributed by atoms with Gasteiger partial charge in [-0.1, -0.05) is 51.1 Å². The van der Waals surface area contributed by atoms with Crippen LogP contribution >= 0.6 is 0 Å². The minimum Gasteiger partial charge on any atom is -0.483 e. The fraction of sp³-hybridized carbons (Fsp3) is 0.350. The van der Waals surface area contributed by atoms with Crippen LogP contribution in [-0.4, -0.2) is 30.0 Å². The second-order valence-electron chi connectivity index (χ2n) is 7.30. The number of ketones is 1. The monoisotopic (exact) mass is 355 g/mol. The van der Waals surface area contributed by atoms with Crippen LogP contribution in [0.4, 0.5) is 5.69 Å². The van der Waals surface area contributed by atoms with Crippen LogP contribution < -0.4 is 4.74 Å². The summed E-state index contributed by atoms with van der Waals surface area (Å²) in [4.78, 5) is 24.1. The largest absolute Gasteiger partial charge is 0.483 e. The van der Waals surface area contributed by atoms with E-state index < -0.39 is 4.92 Å². The Morgan fingerprint density at radius 1 is 1.19 bits per heavy atom. The maximum absolute atomic E-state index is 13.2. The molecule has 1 aliphatic rings. The van der Waals surface area contributed by atoms with Crippen molar-refractivity contribution in [3.8, 4) is 5.75 Å². The van der Waals surface area contributed by atoms with Crippen LogP contribution in [0.1, 0.15) is 42.3 Å². The summed E-state index contributed by atoms with van der Waals surface area (Å²) in [6.45, 7) is 6.82. The first-order valence-electron chi connectivity index (χ1n) is 8.45. The highest BCUT2D eigenvalue weighted by Gasteiger charge is 2.30. The van der Waals surface area contributed by atoms with Gasteiger partial charge in [-0.05, 0) is 17.0 Å². The molecule has 0 spiro atoms. The van der Waals surface area contributed by atoms with Gasteiger partial charge in [0, 0.05) is 11.6 Å². The van der Waals surface area contributed by atoms with E-state index in [4.69, 9.17) is 9.47 Å². The number of hydrogen-bond acceptors (Lipinski definition) is 5. The SMILES string of the molecule is CC(C)(C)c1ccccc1C(=O)c1cccc([N+](=O)[O-])c1OCC1CO1. The van der Waals surface area contributed by atoms with E-state index in [1.54, 1.807) is 18.2 Å². The van der Waals surface area contributed by atoms with Gasteiger partial charge in [-0.15, -0.1) is 0 Å². The van der Waals surface area contributed by atoms with Crippen molar-refractivity contribution in [1.82, 2.24) is 0 Å². The van der Waals surface area contributed by atoms with Gasteiger partial charge in [-0.2, -0.15) is 0 Å². The smallest absolute Gasteiger partial charge is 0.311 e. The highest BCUT2D eigenvalue weighted by atomic mass is 16.6. The van der Waals surface area contributed by atoms with Gasteiger partial charge in [-0.3, -0.25) is 14.9 Å². The van der Waals surface area contributed by atoms with Crippen molar-refractivity contribution >= 4 is 11.5 Å². The van der Waals surface area contributed by atoms with Gasteiger partial charge in [0.05, 0.1) is 17.1 Å². The van der Waals surface area contributed by atoms with E-state index in [1.165, 1.54) is 12.1 Å². The Labute approximate surface area is 151 Å². The third-order valence-corrected chi connectivity index (χ3v) is 4.23. The van der Waals surface area contributed by atoms with Crippen molar-refractivity contribution in [2.45, 2.75) is 32.3 Å². The first-order chi connectivity index (χ1) is 12.3. The van der Waals surface area contributed by atoms with E-state index in [-0.39, 0.29) is 40.9 Å². The molecule has 0 radical (unpaired) electrons. The fourth-order valence-electron chi connectivity index (χ4n) is 2.82. The normalized spacial score (nSPS) is 16.2. The summed E-state index contributed by atoms with van der Waals surface area (Å²) in [6.07, 6.45) is -0.0698. The number of para-hydroxylation sites is 1. The Balaban J connectivity index is 2.07. The molecule has 136 valence electrons. The molecule has 1 unspecified atom stereocenters. The second-order valence-corrected chi connectivity index (χ2v) is 7.30. The summed E-state index contributed by atoms with van der Waals surface area (Å²) in [5.74, 6) is -0.285. The highest BCUT2D eigenvalue weighted by Crippen LogP contribution is 2.35. The molecule has 0 aliphatic carbocycles. The molecule has 6 heteroatoms. The molecule has 2 aromatic rings. The third-order valence-electron chi connectivity index (χ3n) is 4.23. The molecule has 2 aromatic carbocycles. The molecule has 1 heterocycles. The number of hydrogen-bond donors (Lipinski definition) is 0. The summed E-state index contributed by atoms with van der Waals surface area (Å²) in [5, 5.41) is 11.4. The lowest BCUT2D eigenvalue weighted by atomic mass is 9.81. The van der Waals surface area contributed by atoms with E-state index >= 15 is 0 Å². The van der Waals surface area contributed by atoms with Crippen LogP contribution in [0.25, 0.3) is 0 Å². The minimum atomic E-state index is -0.532. The van der Waals surface area contributed by atoms with E-state index in [1.807, 2.05) is 32.9 Å². The molecular weight excluding hydrogens is 334 g/mol. The maximum atomic E-state index is 13.2. The Kier molecular flexibility index (Phi) is 4.78. The van der Waals surface area contributed by atoms with Crippen molar-refractivity contribution in [3.63, 3.8) is 0 Å². The van der Waals surface area contributed by atoms with Crippen LogP contribution in [-0.2, 0) is 10.2 Å². The first kappa shape index (κ1) is 18.1. The van der Waals surface area contributed by atoms with Gasteiger partial charge in [0.25, 0.3) is 0 Å². The number of nitro benzene ring substituents is 1. The average molecular weight is 355 g/mol. The lowest BCUT2D eigenvalue weighted by Crippen LogP contribution is -2.18. The number of nitrogens with zero attached hydrogens (tertiary/aromatic N) is 1. The number of rotatable bonds is 6. The lowest BCUT2D eigenvalue weighted by Gasteiger charge is -2.22. The number of carbonyl (C=O) groups excluding carboxylic acids is 1. The zero-order chi connectivity index (χ0) is 18.9. The van der Waals surface area contributed by atoms with Crippen LogP contribution in [0.3, 0.4) is 0 Å². The lowest BCUT2D eigenvalue weighted by molar-refractivity contribution is -0.385. The number of epoxide rings is 1. The van der Waals surface area contributed by atoms with Gasteiger partial charge in [0.15, 0.2) is 5.78 Å². The molecule has 1 atom stereocenters. The summed E-state index contributed by atoms with van der Waals surface area (Å²) in [7, 11) is 0. The molecule has 1 saturated heterocycles. The molecule has 0 amide bonds. The van der Waals surface area contributed by atoms with E-state index in [9.17, 15) is 14.9 Å². The molecule has 26 heavy (non-hydrogen) atoms. The predicted molar refractivity (Wildman–Crippen MR) is 96.9 cm³/mol. The molecule has 0 N–H and O–H groups in total. The first-order valence-corrected chi connectivity index (χ1v) is 8.45.